The van der Waals surface area contributed by atoms with Crippen LogP contribution in [-0.4, -0.2) is 9.13 Å². The van der Waals surface area contributed by atoms with Crippen molar-refractivity contribution in [1.29, 1.82) is 0 Å². The molecule has 0 N–H and O–H groups in total. The molecule has 0 aliphatic rings. The van der Waals surface area contributed by atoms with E-state index in [2.05, 4.69) is 349 Å². The second-order valence-electron chi connectivity index (χ2n) is 22.5. The van der Waals surface area contributed by atoms with Gasteiger partial charge in [-0.25, -0.2) is 0 Å². The number of rotatable bonds is 11. The molecule has 0 amide bonds. The third-order valence-corrected chi connectivity index (χ3v) is 17.3. The smallest absolute Gasteiger partial charge is 0.0541 e. The molecule has 0 fully saturated rings. The zero-order valence-electron chi connectivity index (χ0n) is 47.2. The molecule has 0 unspecified atom stereocenters. The fraction of sp³-hybridized carbons (Fsp3) is 0. The van der Waals surface area contributed by atoms with Crippen molar-refractivity contribution < 1.29 is 0 Å². The van der Waals surface area contributed by atoms with Crippen LogP contribution in [0.5, 0.6) is 0 Å². The largest absolute Gasteiger partial charge is 0.309 e. The Kier molecular flexibility index (Phi) is 12.6. The van der Waals surface area contributed by atoms with Crippen LogP contribution in [-0.2, 0) is 0 Å². The molecule has 2 heterocycles. The van der Waals surface area contributed by atoms with Gasteiger partial charge < -0.3 is 9.13 Å². The third kappa shape index (κ3) is 9.27. The maximum atomic E-state index is 2.43. The molecule has 0 saturated heterocycles. The number of nitrogens with zero attached hydrogens (tertiary/aromatic N) is 2. The molecule has 0 spiro atoms. The second kappa shape index (κ2) is 21.5. The average Bonchev–Trinajstić information content (AvgIpc) is 1.92. The highest BCUT2D eigenvalue weighted by atomic mass is 15.0. The van der Waals surface area contributed by atoms with Gasteiger partial charge in [0.25, 0.3) is 0 Å². The van der Waals surface area contributed by atoms with Crippen molar-refractivity contribution in [3.8, 4) is 112 Å². The van der Waals surface area contributed by atoms with Crippen LogP contribution in [0.4, 0.5) is 0 Å². The molecule has 0 aliphatic heterocycles. The van der Waals surface area contributed by atoms with Crippen LogP contribution in [0.15, 0.2) is 340 Å². The van der Waals surface area contributed by atoms with Crippen molar-refractivity contribution in [3.63, 3.8) is 0 Å². The Hall–Kier alpha value is -11.3. The predicted molar refractivity (Wildman–Crippen MR) is 364 cm³/mol. The fourth-order valence-electron chi connectivity index (χ4n) is 13.0. The lowest BCUT2D eigenvalue weighted by atomic mass is 9.95. The second-order valence-corrected chi connectivity index (χ2v) is 22.5. The number of aromatic nitrogens is 2. The van der Waals surface area contributed by atoms with E-state index in [1.165, 1.54) is 144 Å². The first-order chi connectivity index (χ1) is 42.6. The molecule has 2 heteroatoms. The number of para-hydroxylation sites is 2. The van der Waals surface area contributed by atoms with Crippen molar-refractivity contribution in [2.75, 3.05) is 0 Å². The summed E-state index contributed by atoms with van der Waals surface area (Å²) in [7, 11) is 0. The molecule has 86 heavy (non-hydrogen) atoms. The van der Waals surface area contributed by atoms with E-state index in [-0.39, 0.29) is 0 Å². The SMILES string of the molecule is c1ccc(-c2cccc(-c3cccc(-c4ccc(-c5ccc(-n6c7ccccc7c7cc(-c8ccc9c(c8)c8ccccc8n9-c8cccc(-c9ccc(-c%10cccc(-c%11cccc(-c%12ccccc%12)c%11)c%10)cc9)c8)ccc76)cc5)cc4)c3)c2)cc1. The number of hydrogen-bond acceptors (Lipinski definition) is 0. The van der Waals surface area contributed by atoms with Crippen molar-refractivity contribution in [2.24, 2.45) is 0 Å². The number of hydrogen-bond donors (Lipinski definition) is 0. The molecule has 0 radical (unpaired) electrons. The Balaban J connectivity index is 0.665. The Morgan fingerprint density at radius 1 is 0.128 bits per heavy atom. The lowest BCUT2D eigenvalue weighted by molar-refractivity contribution is 1.18. The van der Waals surface area contributed by atoms with Gasteiger partial charge in [-0.3, -0.25) is 0 Å². The average molecular weight is 1090 g/mol. The summed E-state index contributed by atoms with van der Waals surface area (Å²) in [6.45, 7) is 0. The molecular weight excluding hydrogens is 1040 g/mol. The minimum Gasteiger partial charge on any atom is -0.309 e. The van der Waals surface area contributed by atoms with E-state index < -0.39 is 0 Å². The van der Waals surface area contributed by atoms with E-state index in [1.807, 2.05) is 0 Å². The van der Waals surface area contributed by atoms with Crippen molar-refractivity contribution in [2.45, 2.75) is 0 Å². The molecule has 16 aromatic rings. The molecule has 0 aliphatic carbocycles. The summed E-state index contributed by atoms with van der Waals surface area (Å²) in [5, 5.41) is 4.93. The summed E-state index contributed by atoms with van der Waals surface area (Å²) in [5.74, 6) is 0. The van der Waals surface area contributed by atoms with Crippen LogP contribution in [0.25, 0.3) is 155 Å². The molecule has 0 saturated carbocycles. The summed E-state index contributed by atoms with van der Waals surface area (Å²) in [6, 6.07) is 124. The van der Waals surface area contributed by atoms with E-state index in [0.29, 0.717) is 0 Å². The zero-order valence-corrected chi connectivity index (χ0v) is 47.2. The van der Waals surface area contributed by atoms with Gasteiger partial charge in [-0.2, -0.15) is 0 Å². The molecular formula is C84H56N2. The number of benzene rings is 14. The van der Waals surface area contributed by atoms with E-state index >= 15 is 0 Å². The van der Waals surface area contributed by atoms with Crippen LogP contribution in [0.1, 0.15) is 0 Å². The molecule has 2 aromatic heterocycles. The lowest BCUT2D eigenvalue weighted by Crippen LogP contribution is -1.94. The van der Waals surface area contributed by atoms with Gasteiger partial charge in [0.2, 0.25) is 0 Å². The molecule has 0 bridgehead atoms. The normalized spacial score (nSPS) is 11.5. The Labute approximate surface area is 501 Å². The maximum absolute atomic E-state index is 2.43. The third-order valence-electron chi connectivity index (χ3n) is 17.3. The van der Waals surface area contributed by atoms with Crippen LogP contribution < -0.4 is 0 Å². The maximum Gasteiger partial charge on any atom is 0.0541 e. The minimum atomic E-state index is 1.13. The highest BCUT2D eigenvalue weighted by Gasteiger charge is 2.18. The fourth-order valence-corrected chi connectivity index (χ4v) is 13.0. The van der Waals surface area contributed by atoms with Gasteiger partial charge in [0.1, 0.15) is 0 Å². The van der Waals surface area contributed by atoms with E-state index in [4.69, 9.17) is 0 Å². The molecule has 2 nitrogen and oxygen atoms in total. The van der Waals surface area contributed by atoms with Crippen LogP contribution in [0, 0.1) is 0 Å². The van der Waals surface area contributed by atoms with Gasteiger partial charge in [0, 0.05) is 32.9 Å². The monoisotopic (exact) mass is 1090 g/mol. The summed E-state index contributed by atoms with van der Waals surface area (Å²) in [6.07, 6.45) is 0. The molecule has 16 rings (SSSR count). The van der Waals surface area contributed by atoms with Gasteiger partial charge in [0.15, 0.2) is 0 Å². The summed E-state index contributed by atoms with van der Waals surface area (Å²) < 4.78 is 4.84. The summed E-state index contributed by atoms with van der Waals surface area (Å²) in [4.78, 5) is 0. The Morgan fingerprint density at radius 2 is 0.372 bits per heavy atom. The number of fused-ring (bicyclic) bond motifs is 6. The first kappa shape index (κ1) is 50.4. The first-order valence-corrected chi connectivity index (χ1v) is 29.6. The van der Waals surface area contributed by atoms with Crippen molar-refractivity contribution in [3.05, 3.63) is 340 Å². The van der Waals surface area contributed by atoms with Gasteiger partial charge in [-0.05, 0) is 185 Å². The zero-order chi connectivity index (χ0) is 56.9. The van der Waals surface area contributed by atoms with Gasteiger partial charge >= 0.3 is 0 Å². The van der Waals surface area contributed by atoms with Gasteiger partial charge in [-0.15, -0.1) is 0 Å². The summed E-state index contributed by atoms with van der Waals surface area (Å²) in [5.41, 5.74) is 28.6. The van der Waals surface area contributed by atoms with E-state index in [0.717, 1.165) is 11.4 Å². The van der Waals surface area contributed by atoms with Crippen LogP contribution >= 0.6 is 0 Å². The van der Waals surface area contributed by atoms with Crippen LogP contribution in [0.3, 0.4) is 0 Å². The minimum absolute atomic E-state index is 1.13. The van der Waals surface area contributed by atoms with E-state index in [1.54, 1.807) is 0 Å². The Bertz CT molecular complexity index is 5180. The van der Waals surface area contributed by atoms with Gasteiger partial charge in [-0.1, -0.05) is 255 Å². The highest BCUT2D eigenvalue weighted by Crippen LogP contribution is 2.41. The standard InChI is InChI=1S/C84H56N2/c1-3-16-57(17-4-1)64-20-11-24-68(50-64)70-26-13-22-66(52-70)61-36-34-59(35-37-61)60-42-46-75(47-43-60)85-81-32-9-7-30-77(81)79-55-73(44-48-83(79)85)74-45-49-84-80(56-74)78-31-8-10-33-82(78)86(84)76-29-15-28-72(54-76)63-40-38-62(39-41-63)67-23-14-27-71(53-67)69-25-12-21-65(51-69)58-18-5-2-6-19-58/h1-56H. The summed E-state index contributed by atoms with van der Waals surface area (Å²) >= 11 is 0. The molecule has 402 valence electrons. The predicted octanol–water partition coefficient (Wildman–Crippen LogP) is 22.9. The van der Waals surface area contributed by atoms with Crippen LogP contribution in [0.2, 0.25) is 0 Å². The van der Waals surface area contributed by atoms with Gasteiger partial charge in [0.05, 0.1) is 22.1 Å². The highest BCUT2D eigenvalue weighted by molar-refractivity contribution is 6.13. The van der Waals surface area contributed by atoms with E-state index in [9.17, 15) is 0 Å². The first-order valence-electron chi connectivity index (χ1n) is 29.6. The molecule has 14 aromatic carbocycles. The quantitative estimate of drug-likeness (QED) is 0.122. The molecule has 0 atom stereocenters. The topological polar surface area (TPSA) is 9.86 Å². The van der Waals surface area contributed by atoms with Crippen molar-refractivity contribution in [1.82, 2.24) is 9.13 Å². The van der Waals surface area contributed by atoms with Crippen molar-refractivity contribution >= 4 is 43.6 Å². The lowest BCUT2D eigenvalue weighted by Gasteiger charge is -2.12. The Morgan fingerprint density at radius 3 is 0.767 bits per heavy atom.